The van der Waals surface area contributed by atoms with Gasteiger partial charge in [-0.2, -0.15) is 10.1 Å². The Hall–Kier alpha value is -2.15. The zero-order valence-electron chi connectivity index (χ0n) is 12.4. The largest absolute Gasteiger partial charge is 0.480 e. The van der Waals surface area contributed by atoms with Crippen molar-refractivity contribution in [2.24, 2.45) is 0 Å². The number of benzene rings is 1. The van der Waals surface area contributed by atoms with E-state index in [1.165, 1.54) is 16.4 Å². The summed E-state index contributed by atoms with van der Waals surface area (Å²) < 4.78 is 1.28. The van der Waals surface area contributed by atoms with E-state index in [2.05, 4.69) is 10.1 Å². The first kappa shape index (κ1) is 16.2. The molecule has 0 bridgehead atoms. The SMILES string of the molecule is CCc1nn(CC(=O)O)c(SCc2cccc(C)c2)nc1=O. The number of aromatic nitrogens is 3. The third-order valence-corrected chi connectivity index (χ3v) is 4.01. The van der Waals surface area contributed by atoms with Gasteiger partial charge in [0.05, 0.1) is 0 Å². The normalized spacial score (nSPS) is 10.6. The fraction of sp³-hybridized carbons (Fsp3) is 0.333. The predicted octanol–water partition coefficient (Wildman–Crippen LogP) is 1.89. The van der Waals surface area contributed by atoms with E-state index in [0.717, 1.165) is 11.1 Å². The third-order valence-electron chi connectivity index (χ3n) is 2.98. The maximum atomic E-state index is 11.8. The van der Waals surface area contributed by atoms with Gasteiger partial charge < -0.3 is 5.11 Å². The third kappa shape index (κ3) is 4.17. The molecule has 0 aliphatic carbocycles. The van der Waals surface area contributed by atoms with E-state index < -0.39 is 11.5 Å². The van der Waals surface area contributed by atoms with Gasteiger partial charge in [0.2, 0.25) is 0 Å². The zero-order valence-corrected chi connectivity index (χ0v) is 13.3. The minimum Gasteiger partial charge on any atom is -0.480 e. The number of aryl methyl sites for hydroxylation is 2. The fourth-order valence-electron chi connectivity index (χ4n) is 1.95. The number of carboxylic acid groups (broad SMARTS) is 1. The molecule has 1 aromatic heterocycles. The Morgan fingerprint density at radius 3 is 2.82 bits per heavy atom. The highest BCUT2D eigenvalue weighted by Gasteiger charge is 2.12. The first-order valence-electron chi connectivity index (χ1n) is 6.87. The van der Waals surface area contributed by atoms with Crippen molar-refractivity contribution in [1.29, 1.82) is 0 Å². The van der Waals surface area contributed by atoms with Crippen LogP contribution in [0.4, 0.5) is 0 Å². The summed E-state index contributed by atoms with van der Waals surface area (Å²) in [7, 11) is 0. The molecule has 1 aromatic carbocycles. The first-order valence-corrected chi connectivity index (χ1v) is 7.86. The smallest absolute Gasteiger partial charge is 0.325 e. The number of carbonyl (C=O) groups is 1. The van der Waals surface area contributed by atoms with Crippen LogP contribution >= 0.6 is 11.8 Å². The summed E-state index contributed by atoms with van der Waals surface area (Å²) in [6.07, 6.45) is 0.425. The monoisotopic (exact) mass is 319 g/mol. The molecule has 1 N–H and O–H groups in total. The summed E-state index contributed by atoms with van der Waals surface area (Å²) in [6.45, 7) is 3.48. The molecule has 116 valence electrons. The highest BCUT2D eigenvalue weighted by Crippen LogP contribution is 2.20. The van der Waals surface area contributed by atoms with Crippen molar-refractivity contribution >= 4 is 17.7 Å². The second-order valence-electron chi connectivity index (χ2n) is 4.83. The van der Waals surface area contributed by atoms with Gasteiger partial charge in [-0.3, -0.25) is 9.59 Å². The highest BCUT2D eigenvalue weighted by molar-refractivity contribution is 7.98. The molecule has 0 spiro atoms. The number of aliphatic carboxylic acids is 1. The van der Waals surface area contributed by atoms with Crippen molar-refractivity contribution in [1.82, 2.24) is 14.8 Å². The molecule has 22 heavy (non-hydrogen) atoms. The van der Waals surface area contributed by atoms with Gasteiger partial charge in [0.1, 0.15) is 12.2 Å². The van der Waals surface area contributed by atoms with Crippen LogP contribution in [0.1, 0.15) is 23.7 Å². The van der Waals surface area contributed by atoms with Crippen LogP contribution in [0.2, 0.25) is 0 Å². The summed E-state index contributed by atoms with van der Waals surface area (Å²) in [4.78, 5) is 26.8. The quantitative estimate of drug-likeness (QED) is 0.818. The predicted molar refractivity (Wildman–Crippen MR) is 84.0 cm³/mol. The lowest BCUT2D eigenvalue weighted by molar-refractivity contribution is -0.138. The maximum absolute atomic E-state index is 11.8. The lowest BCUT2D eigenvalue weighted by Gasteiger charge is -2.10. The molecule has 0 fully saturated rings. The molecule has 6 nitrogen and oxygen atoms in total. The Balaban J connectivity index is 2.26. The average Bonchev–Trinajstić information content (AvgIpc) is 2.46. The van der Waals surface area contributed by atoms with Crippen LogP contribution in [0, 0.1) is 6.92 Å². The molecule has 1 heterocycles. The van der Waals surface area contributed by atoms with Crippen LogP contribution in [0.5, 0.6) is 0 Å². The molecule has 0 radical (unpaired) electrons. The maximum Gasteiger partial charge on any atom is 0.325 e. The molecular weight excluding hydrogens is 302 g/mol. The van der Waals surface area contributed by atoms with Gasteiger partial charge in [0.25, 0.3) is 5.56 Å². The molecule has 0 unspecified atom stereocenters. The van der Waals surface area contributed by atoms with Crippen LogP contribution in [0.15, 0.2) is 34.2 Å². The molecule has 0 atom stereocenters. The van der Waals surface area contributed by atoms with E-state index in [1.54, 1.807) is 6.92 Å². The molecule has 2 aromatic rings. The molecule has 0 saturated heterocycles. The molecule has 0 aliphatic rings. The average molecular weight is 319 g/mol. The van der Waals surface area contributed by atoms with Gasteiger partial charge in [-0.25, -0.2) is 4.68 Å². The molecule has 2 rings (SSSR count). The van der Waals surface area contributed by atoms with E-state index >= 15 is 0 Å². The van der Waals surface area contributed by atoms with E-state index in [-0.39, 0.29) is 12.2 Å². The second-order valence-corrected chi connectivity index (χ2v) is 5.77. The number of nitrogens with zero attached hydrogens (tertiary/aromatic N) is 3. The van der Waals surface area contributed by atoms with Gasteiger partial charge in [0.15, 0.2) is 5.16 Å². The second kappa shape index (κ2) is 7.22. The minimum absolute atomic E-state index is 0.279. The topological polar surface area (TPSA) is 85.1 Å². The van der Waals surface area contributed by atoms with Crippen molar-refractivity contribution in [2.45, 2.75) is 37.7 Å². The zero-order chi connectivity index (χ0) is 16.1. The summed E-state index contributed by atoms with van der Waals surface area (Å²) in [5.74, 6) is -0.418. The van der Waals surface area contributed by atoms with Gasteiger partial charge in [-0.05, 0) is 18.9 Å². The molecule has 0 saturated carbocycles. The van der Waals surface area contributed by atoms with E-state index in [9.17, 15) is 9.59 Å². The van der Waals surface area contributed by atoms with Crippen LogP contribution in [0.3, 0.4) is 0 Å². The Morgan fingerprint density at radius 2 is 2.18 bits per heavy atom. The number of rotatable bonds is 6. The van der Waals surface area contributed by atoms with Crippen molar-refractivity contribution in [3.8, 4) is 0 Å². The molecule has 7 heteroatoms. The van der Waals surface area contributed by atoms with Crippen molar-refractivity contribution in [3.05, 3.63) is 51.4 Å². The summed E-state index contributed by atoms with van der Waals surface area (Å²) >= 11 is 1.31. The van der Waals surface area contributed by atoms with Crippen LogP contribution in [-0.4, -0.2) is 25.8 Å². The molecular formula is C15H17N3O3S. The molecule has 0 aliphatic heterocycles. The lowest BCUT2D eigenvalue weighted by Crippen LogP contribution is -2.25. The lowest BCUT2D eigenvalue weighted by atomic mass is 10.2. The van der Waals surface area contributed by atoms with E-state index in [1.807, 2.05) is 31.2 Å². The summed E-state index contributed by atoms with van der Waals surface area (Å²) in [6, 6.07) is 7.99. The number of hydrogen-bond donors (Lipinski definition) is 1. The van der Waals surface area contributed by atoms with Crippen molar-refractivity contribution < 1.29 is 9.90 Å². The standard InChI is InChI=1S/C15H17N3O3S/c1-3-12-14(21)16-15(18(17-12)8-13(19)20)22-9-11-6-4-5-10(2)7-11/h4-7H,3,8-9H2,1-2H3,(H,19,20). The Kier molecular flexibility index (Phi) is 5.32. The number of thioether (sulfide) groups is 1. The van der Waals surface area contributed by atoms with Crippen LogP contribution < -0.4 is 5.56 Å². The number of carboxylic acids is 1. The van der Waals surface area contributed by atoms with Gasteiger partial charge in [-0.15, -0.1) is 0 Å². The van der Waals surface area contributed by atoms with E-state index in [0.29, 0.717) is 17.3 Å². The Bertz CT molecular complexity index is 743. The van der Waals surface area contributed by atoms with Crippen LogP contribution in [0.25, 0.3) is 0 Å². The van der Waals surface area contributed by atoms with Gasteiger partial charge in [-0.1, -0.05) is 48.5 Å². The fourth-order valence-corrected chi connectivity index (χ4v) is 2.83. The van der Waals surface area contributed by atoms with Gasteiger partial charge in [0, 0.05) is 5.75 Å². The summed E-state index contributed by atoms with van der Waals surface area (Å²) in [5, 5.41) is 13.4. The van der Waals surface area contributed by atoms with Crippen molar-refractivity contribution in [3.63, 3.8) is 0 Å². The van der Waals surface area contributed by atoms with Crippen LogP contribution in [-0.2, 0) is 23.5 Å². The molecule has 0 amide bonds. The Morgan fingerprint density at radius 1 is 1.41 bits per heavy atom. The summed E-state index contributed by atoms with van der Waals surface area (Å²) in [5.41, 5.74) is 2.12. The van der Waals surface area contributed by atoms with Gasteiger partial charge >= 0.3 is 5.97 Å². The van der Waals surface area contributed by atoms with Crippen molar-refractivity contribution in [2.75, 3.05) is 0 Å². The Labute approximate surface area is 132 Å². The first-order chi connectivity index (χ1) is 10.5. The van der Waals surface area contributed by atoms with E-state index in [4.69, 9.17) is 5.11 Å². The highest BCUT2D eigenvalue weighted by atomic mass is 32.2. The minimum atomic E-state index is -1.02. The number of hydrogen-bond acceptors (Lipinski definition) is 5.